The highest BCUT2D eigenvalue weighted by Gasteiger charge is 2.14. The van der Waals surface area contributed by atoms with Crippen LogP contribution < -0.4 is 5.32 Å². The highest BCUT2D eigenvalue weighted by atomic mass is 16.5. The smallest absolute Gasteiger partial charge is 0.230 e. The highest BCUT2D eigenvalue weighted by Crippen LogP contribution is 2.15. The minimum atomic E-state index is 0.246. The number of hydrogen-bond acceptors (Lipinski definition) is 4. The molecular weight excluding hydrogens is 250 g/mol. The lowest BCUT2D eigenvalue weighted by Crippen LogP contribution is -2.19. The van der Waals surface area contributed by atoms with E-state index in [9.17, 15) is 0 Å². The standard InChI is InChI=1S/C16H23N3O/c1-5-17-10-13(4)16-18-15(19-20-16)9-14-7-11(2)6-12(3)8-14/h6-8,13,17H,5,9-10H2,1-4H3. The first kappa shape index (κ1) is 14.7. The zero-order chi connectivity index (χ0) is 14.5. The fourth-order valence-electron chi connectivity index (χ4n) is 2.34. The van der Waals surface area contributed by atoms with Crippen molar-refractivity contribution in [3.05, 3.63) is 46.6 Å². The van der Waals surface area contributed by atoms with Crippen molar-refractivity contribution in [2.45, 2.75) is 40.0 Å². The Balaban J connectivity index is 2.05. The SMILES string of the molecule is CCNCC(C)c1nc(Cc2cc(C)cc(C)c2)no1. The Bertz CT molecular complexity index is 542. The molecule has 0 saturated heterocycles. The quantitative estimate of drug-likeness (QED) is 0.879. The Morgan fingerprint density at radius 2 is 1.90 bits per heavy atom. The second-order valence-electron chi connectivity index (χ2n) is 5.43. The third kappa shape index (κ3) is 3.90. The molecule has 108 valence electrons. The fourth-order valence-corrected chi connectivity index (χ4v) is 2.34. The molecule has 20 heavy (non-hydrogen) atoms. The van der Waals surface area contributed by atoms with Gasteiger partial charge in [-0.1, -0.05) is 48.3 Å². The van der Waals surface area contributed by atoms with Crippen LogP contribution in [0.2, 0.25) is 0 Å². The zero-order valence-corrected chi connectivity index (χ0v) is 12.7. The van der Waals surface area contributed by atoms with Crippen LogP contribution in [0.3, 0.4) is 0 Å². The molecule has 1 aromatic carbocycles. The van der Waals surface area contributed by atoms with Crippen molar-refractivity contribution in [2.75, 3.05) is 13.1 Å². The van der Waals surface area contributed by atoms with Gasteiger partial charge in [-0.15, -0.1) is 0 Å². The van der Waals surface area contributed by atoms with Crippen molar-refractivity contribution >= 4 is 0 Å². The third-order valence-electron chi connectivity index (χ3n) is 3.25. The Morgan fingerprint density at radius 1 is 1.20 bits per heavy atom. The van der Waals surface area contributed by atoms with E-state index >= 15 is 0 Å². The van der Waals surface area contributed by atoms with E-state index in [4.69, 9.17) is 4.52 Å². The molecule has 0 aliphatic heterocycles. The van der Waals surface area contributed by atoms with E-state index in [2.05, 4.69) is 61.4 Å². The summed E-state index contributed by atoms with van der Waals surface area (Å²) in [4.78, 5) is 4.50. The third-order valence-corrected chi connectivity index (χ3v) is 3.25. The van der Waals surface area contributed by atoms with Crippen LogP contribution in [-0.2, 0) is 6.42 Å². The lowest BCUT2D eigenvalue weighted by molar-refractivity contribution is 0.352. The molecule has 4 heteroatoms. The first-order valence-corrected chi connectivity index (χ1v) is 7.19. The van der Waals surface area contributed by atoms with Gasteiger partial charge in [-0.3, -0.25) is 0 Å². The molecule has 0 saturated carbocycles. The Hall–Kier alpha value is -1.68. The number of benzene rings is 1. The molecule has 1 N–H and O–H groups in total. The molecule has 0 radical (unpaired) electrons. The summed E-state index contributed by atoms with van der Waals surface area (Å²) in [6.45, 7) is 10.2. The number of aromatic nitrogens is 2. The van der Waals surface area contributed by atoms with Crippen molar-refractivity contribution in [2.24, 2.45) is 0 Å². The number of aryl methyl sites for hydroxylation is 2. The number of hydrogen-bond donors (Lipinski definition) is 1. The van der Waals surface area contributed by atoms with Gasteiger partial charge in [0.25, 0.3) is 0 Å². The van der Waals surface area contributed by atoms with Crippen molar-refractivity contribution in [1.82, 2.24) is 15.5 Å². The van der Waals surface area contributed by atoms with Crippen LogP contribution in [0.4, 0.5) is 0 Å². The van der Waals surface area contributed by atoms with Crippen LogP contribution in [0.25, 0.3) is 0 Å². The summed E-state index contributed by atoms with van der Waals surface area (Å²) < 4.78 is 5.36. The maximum Gasteiger partial charge on any atom is 0.230 e. The molecule has 1 unspecified atom stereocenters. The summed E-state index contributed by atoms with van der Waals surface area (Å²) in [7, 11) is 0. The maximum absolute atomic E-state index is 5.36. The lowest BCUT2D eigenvalue weighted by atomic mass is 10.0. The maximum atomic E-state index is 5.36. The molecule has 2 aromatic rings. The number of nitrogens with one attached hydrogen (secondary N) is 1. The monoisotopic (exact) mass is 273 g/mol. The average molecular weight is 273 g/mol. The Labute approximate surface area is 120 Å². The van der Waals surface area contributed by atoms with E-state index in [1.54, 1.807) is 0 Å². The minimum absolute atomic E-state index is 0.246. The van der Waals surface area contributed by atoms with Crippen molar-refractivity contribution in [3.63, 3.8) is 0 Å². The molecule has 0 aliphatic carbocycles. The topological polar surface area (TPSA) is 51.0 Å². The molecule has 4 nitrogen and oxygen atoms in total. The van der Waals surface area contributed by atoms with Crippen LogP contribution in [0, 0.1) is 13.8 Å². The predicted octanol–water partition coefficient (Wildman–Crippen LogP) is 2.99. The van der Waals surface area contributed by atoms with Crippen molar-refractivity contribution in [3.8, 4) is 0 Å². The van der Waals surface area contributed by atoms with Gasteiger partial charge in [-0.25, -0.2) is 0 Å². The first-order valence-electron chi connectivity index (χ1n) is 7.19. The van der Waals surface area contributed by atoms with Crippen LogP contribution in [0.1, 0.15) is 48.2 Å². The molecule has 0 bridgehead atoms. The molecular formula is C16H23N3O. The Morgan fingerprint density at radius 3 is 2.55 bits per heavy atom. The summed E-state index contributed by atoms with van der Waals surface area (Å²) in [6.07, 6.45) is 0.722. The van der Waals surface area contributed by atoms with E-state index in [0.29, 0.717) is 5.89 Å². The molecule has 2 rings (SSSR count). The van der Waals surface area contributed by atoms with Crippen molar-refractivity contribution < 1.29 is 4.52 Å². The van der Waals surface area contributed by atoms with Crippen molar-refractivity contribution in [1.29, 1.82) is 0 Å². The summed E-state index contributed by atoms with van der Waals surface area (Å²) in [5.74, 6) is 1.72. The Kier molecular flexibility index (Phi) is 4.90. The van der Waals surface area contributed by atoms with Crippen LogP contribution in [0.15, 0.2) is 22.7 Å². The van der Waals surface area contributed by atoms with Gasteiger partial charge in [-0.05, 0) is 26.0 Å². The largest absolute Gasteiger partial charge is 0.339 e. The van der Waals surface area contributed by atoms with E-state index in [0.717, 1.165) is 25.3 Å². The van der Waals surface area contributed by atoms with E-state index in [1.165, 1.54) is 16.7 Å². The van der Waals surface area contributed by atoms with Gasteiger partial charge >= 0.3 is 0 Å². The van der Waals surface area contributed by atoms with Gasteiger partial charge in [0.15, 0.2) is 5.82 Å². The molecule has 1 atom stereocenters. The predicted molar refractivity (Wildman–Crippen MR) is 80.0 cm³/mol. The van der Waals surface area contributed by atoms with Gasteiger partial charge in [-0.2, -0.15) is 4.98 Å². The fraction of sp³-hybridized carbons (Fsp3) is 0.500. The molecule has 0 spiro atoms. The number of likely N-dealkylation sites (N-methyl/N-ethyl adjacent to an activating group) is 1. The van der Waals surface area contributed by atoms with Gasteiger partial charge in [0.2, 0.25) is 5.89 Å². The number of nitrogens with zero attached hydrogens (tertiary/aromatic N) is 2. The average Bonchev–Trinajstić information content (AvgIpc) is 2.83. The van der Waals surface area contributed by atoms with Gasteiger partial charge < -0.3 is 9.84 Å². The molecule has 1 aromatic heterocycles. The minimum Gasteiger partial charge on any atom is -0.339 e. The second kappa shape index (κ2) is 6.66. The van der Waals surface area contributed by atoms with E-state index in [-0.39, 0.29) is 5.92 Å². The molecule has 0 fully saturated rings. The summed E-state index contributed by atoms with van der Waals surface area (Å²) in [5.41, 5.74) is 3.77. The number of rotatable bonds is 6. The van der Waals surface area contributed by atoms with Gasteiger partial charge in [0.1, 0.15) is 0 Å². The highest BCUT2D eigenvalue weighted by molar-refractivity contribution is 5.30. The van der Waals surface area contributed by atoms with Gasteiger partial charge in [0.05, 0.1) is 0 Å². The summed E-state index contributed by atoms with van der Waals surface area (Å²) in [6, 6.07) is 6.51. The van der Waals surface area contributed by atoms with Crippen LogP contribution in [0.5, 0.6) is 0 Å². The van der Waals surface area contributed by atoms with E-state index < -0.39 is 0 Å². The van der Waals surface area contributed by atoms with Gasteiger partial charge in [0, 0.05) is 18.9 Å². The lowest BCUT2D eigenvalue weighted by Gasteiger charge is -2.05. The summed E-state index contributed by atoms with van der Waals surface area (Å²) >= 11 is 0. The molecule has 0 amide bonds. The van der Waals surface area contributed by atoms with Crippen LogP contribution in [-0.4, -0.2) is 23.2 Å². The zero-order valence-electron chi connectivity index (χ0n) is 12.7. The molecule has 1 heterocycles. The molecule has 0 aliphatic rings. The summed E-state index contributed by atoms with van der Waals surface area (Å²) in [5, 5.41) is 7.38. The normalized spacial score (nSPS) is 12.6. The van der Waals surface area contributed by atoms with E-state index in [1.807, 2.05) is 0 Å². The van der Waals surface area contributed by atoms with Crippen LogP contribution >= 0.6 is 0 Å². The second-order valence-corrected chi connectivity index (χ2v) is 5.43. The first-order chi connectivity index (χ1) is 9.58.